The number of amides is 1. The fraction of sp³-hybridized carbons (Fsp3) is 0.154. The van der Waals surface area contributed by atoms with Gasteiger partial charge in [-0.2, -0.15) is 0 Å². The Morgan fingerprint density at radius 3 is 2.38 bits per heavy atom. The number of halogens is 2. The van der Waals surface area contributed by atoms with Gasteiger partial charge in [0.1, 0.15) is 6.04 Å². The van der Waals surface area contributed by atoms with Crippen molar-refractivity contribution >= 4 is 46.2 Å². The molecular formula is C26H22Cl2N2O2. The molecule has 1 aliphatic rings. The van der Waals surface area contributed by atoms with Crippen LogP contribution in [0.15, 0.2) is 78.5 Å². The zero-order valence-corrected chi connectivity index (χ0v) is 19.2. The fourth-order valence-electron chi connectivity index (χ4n) is 4.05. The van der Waals surface area contributed by atoms with E-state index in [2.05, 4.69) is 10.2 Å². The summed E-state index contributed by atoms with van der Waals surface area (Å²) in [5.74, 6) is -0.521. The van der Waals surface area contributed by atoms with Gasteiger partial charge in [-0.3, -0.25) is 9.59 Å². The molecule has 0 aromatic heterocycles. The van der Waals surface area contributed by atoms with Crippen LogP contribution in [0.2, 0.25) is 10.0 Å². The highest BCUT2D eigenvalue weighted by Gasteiger charge is 2.31. The number of carbonyl (C=O) groups is 2. The van der Waals surface area contributed by atoms with Crippen LogP contribution in [0.1, 0.15) is 36.6 Å². The van der Waals surface area contributed by atoms with Crippen molar-refractivity contribution in [1.82, 2.24) is 5.32 Å². The summed E-state index contributed by atoms with van der Waals surface area (Å²) in [5, 5.41) is 4.02. The summed E-state index contributed by atoms with van der Waals surface area (Å²) in [7, 11) is 0. The number of nitrogens with zero attached hydrogens (tertiary/aromatic N) is 1. The van der Waals surface area contributed by atoms with E-state index < -0.39 is 6.04 Å². The Labute approximate surface area is 197 Å². The molecule has 1 aliphatic heterocycles. The van der Waals surface area contributed by atoms with E-state index in [1.807, 2.05) is 55.5 Å². The van der Waals surface area contributed by atoms with E-state index in [-0.39, 0.29) is 11.7 Å². The van der Waals surface area contributed by atoms with Gasteiger partial charge in [-0.05, 0) is 60.9 Å². The van der Waals surface area contributed by atoms with Crippen LogP contribution in [0, 0.1) is 0 Å². The van der Waals surface area contributed by atoms with Crippen LogP contribution in [-0.4, -0.2) is 11.7 Å². The van der Waals surface area contributed by atoms with Gasteiger partial charge >= 0.3 is 0 Å². The minimum atomic E-state index is -0.809. The first kappa shape index (κ1) is 22.1. The van der Waals surface area contributed by atoms with E-state index >= 15 is 0 Å². The number of ketones is 1. The quantitative estimate of drug-likeness (QED) is 0.489. The summed E-state index contributed by atoms with van der Waals surface area (Å²) in [6, 6.07) is 21.5. The second-order valence-electron chi connectivity index (χ2n) is 7.72. The maximum absolute atomic E-state index is 13.6. The highest BCUT2D eigenvalue weighted by Crippen LogP contribution is 2.38. The molecule has 0 spiro atoms. The number of hydrogen-bond acceptors (Lipinski definition) is 3. The molecule has 3 aromatic rings. The van der Waals surface area contributed by atoms with Crippen LogP contribution in [0.25, 0.3) is 5.57 Å². The zero-order chi connectivity index (χ0) is 22.8. The SMILES string of the molecule is CC(=O)[C@@H](NC(=O)C1=C(C)N(c2ccccc2)Cc2c(Cl)cccc21)c1cccc(Cl)c1. The lowest BCUT2D eigenvalue weighted by molar-refractivity contribution is -0.124. The van der Waals surface area contributed by atoms with Gasteiger partial charge < -0.3 is 10.2 Å². The smallest absolute Gasteiger partial charge is 0.254 e. The van der Waals surface area contributed by atoms with Crippen molar-refractivity contribution in [3.63, 3.8) is 0 Å². The van der Waals surface area contributed by atoms with E-state index in [0.717, 1.165) is 22.5 Å². The maximum atomic E-state index is 13.6. The molecule has 0 bridgehead atoms. The number of para-hydroxylation sites is 1. The lowest BCUT2D eigenvalue weighted by Gasteiger charge is -2.34. The van der Waals surface area contributed by atoms with Crippen molar-refractivity contribution in [3.05, 3.63) is 105 Å². The Morgan fingerprint density at radius 1 is 0.969 bits per heavy atom. The second-order valence-corrected chi connectivity index (χ2v) is 8.56. The molecule has 1 atom stereocenters. The van der Waals surface area contributed by atoms with Crippen LogP contribution in [0.3, 0.4) is 0 Å². The van der Waals surface area contributed by atoms with Crippen molar-refractivity contribution in [1.29, 1.82) is 0 Å². The molecule has 0 saturated carbocycles. The minimum absolute atomic E-state index is 0.180. The molecule has 1 heterocycles. The predicted octanol–water partition coefficient (Wildman–Crippen LogP) is 6.19. The first-order chi connectivity index (χ1) is 15.4. The molecule has 4 rings (SSSR count). The van der Waals surface area contributed by atoms with Crippen LogP contribution >= 0.6 is 23.2 Å². The molecule has 1 amide bonds. The summed E-state index contributed by atoms with van der Waals surface area (Å²) in [6.07, 6.45) is 0. The van der Waals surface area contributed by atoms with Crippen LogP contribution in [0.4, 0.5) is 5.69 Å². The van der Waals surface area contributed by atoms with Gasteiger partial charge in [-0.1, -0.05) is 65.7 Å². The Bertz CT molecular complexity index is 1220. The van der Waals surface area contributed by atoms with Crippen molar-refractivity contribution in [3.8, 4) is 0 Å². The fourth-order valence-corrected chi connectivity index (χ4v) is 4.48. The van der Waals surface area contributed by atoms with Crippen LogP contribution < -0.4 is 10.2 Å². The third-order valence-corrected chi connectivity index (χ3v) is 6.22. The second kappa shape index (κ2) is 9.19. The molecule has 1 N–H and O–H groups in total. The topological polar surface area (TPSA) is 49.4 Å². The van der Waals surface area contributed by atoms with Gasteiger partial charge in [0.2, 0.25) is 0 Å². The van der Waals surface area contributed by atoms with Gasteiger partial charge in [-0.25, -0.2) is 0 Å². The number of carbonyl (C=O) groups excluding carboxylic acids is 2. The molecule has 32 heavy (non-hydrogen) atoms. The molecule has 6 heteroatoms. The van der Waals surface area contributed by atoms with Gasteiger partial charge in [0.25, 0.3) is 5.91 Å². The van der Waals surface area contributed by atoms with Gasteiger partial charge in [0.05, 0.1) is 5.57 Å². The number of nitrogens with one attached hydrogen (secondary N) is 1. The standard InChI is InChI=1S/C26H22Cl2N2O2/c1-16-24(26(32)29-25(17(2)31)18-8-6-9-19(27)14-18)21-12-7-13-23(28)22(21)15-30(16)20-10-4-3-5-11-20/h3-14,25H,15H2,1-2H3,(H,29,32)/t25-/m1/s1. The summed E-state index contributed by atoms with van der Waals surface area (Å²) in [6.45, 7) is 3.91. The number of benzene rings is 3. The van der Waals surface area contributed by atoms with Crippen LogP contribution in [0.5, 0.6) is 0 Å². The zero-order valence-electron chi connectivity index (χ0n) is 17.7. The number of rotatable bonds is 5. The molecule has 162 valence electrons. The molecule has 0 saturated heterocycles. The average molecular weight is 465 g/mol. The third-order valence-electron chi connectivity index (χ3n) is 5.63. The van der Waals surface area contributed by atoms with Crippen molar-refractivity contribution in [2.75, 3.05) is 4.90 Å². The Balaban J connectivity index is 1.79. The van der Waals surface area contributed by atoms with E-state index in [9.17, 15) is 9.59 Å². The lowest BCUT2D eigenvalue weighted by atomic mass is 9.92. The first-order valence-electron chi connectivity index (χ1n) is 10.2. The van der Waals surface area contributed by atoms with Crippen molar-refractivity contribution in [2.45, 2.75) is 26.4 Å². The molecule has 0 fully saturated rings. The number of Topliss-reactive ketones (excluding diaryl/α,β-unsaturated/α-hetero) is 1. The van der Waals surface area contributed by atoms with Crippen LogP contribution in [-0.2, 0) is 16.1 Å². The molecular weight excluding hydrogens is 443 g/mol. The van der Waals surface area contributed by atoms with Crippen molar-refractivity contribution in [2.24, 2.45) is 0 Å². The largest absolute Gasteiger partial charge is 0.340 e. The summed E-state index contributed by atoms with van der Waals surface area (Å²) in [4.78, 5) is 28.1. The Morgan fingerprint density at radius 2 is 1.69 bits per heavy atom. The van der Waals surface area contributed by atoms with E-state index in [1.165, 1.54) is 6.92 Å². The van der Waals surface area contributed by atoms with E-state index in [1.54, 1.807) is 24.3 Å². The number of anilines is 1. The first-order valence-corrected chi connectivity index (χ1v) is 11.0. The minimum Gasteiger partial charge on any atom is -0.340 e. The van der Waals surface area contributed by atoms with E-state index in [0.29, 0.717) is 27.7 Å². The van der Waals surface area contributed by atoms with Gasteiger partial charge in [0, 0.05) is 28.0 Å². The Hall–Kier alpha value is -3.08. The normalized spacial score (nSPS) is 14.1. The molecule has 4 nitrogen and oxygen atoms in total. The molecule has 0 aliphatic carbocycles. The number of hydrogen-bond donors (Lipinski definition) is 1. The molecule has 0 unspecified atom stereocenters. The monoisotopic (exact) mass is 464 g/mol. The summed E-state index contributed by atoms with van der Waals surface area (Å²) in [5.41, 5.74) is 4.52. The summed E-state index contributed by atoms with van der Waals surface area (Å²) < 4.78 is 0. The lowest BCUT2D eigenvalue weighted by Crippen LogP contribution is -2.37. The van der Waals surface area contributed by atoms with Crippen molar-refractivity contribution < 1.29 is 9.59 Å². The number of allylic oxidation sites excluding steroid dienone is 1. The highest BCUT2D eigenvalue weighted by atomic mass is 35.5. The third kappa shape index (κ3) is 4.29. The number of fused-ring (bicyclic) bond motifs is 1. The average Bonchev–Trinajstić information content (AvgIpc) is 2.77. The van der Waals surface area contributed by atoms with E-state index in [4.69, 9.17) is 23.2 Å². The predicted molar refractivity (Wildman–Crippen MR) is 130 cm³/mol. The van der Waals surface area contributed by atoms with Gasteiger partial charge in [0.15, 0.2) is 5.78 Å². The maximum Gasteiger partial charge on any atom is 0.254 e. The highest BCUT2D eigenvalue weighted by molar-refractivity contribution is 6.32. The molecule has 3 aromatic carbocycles. The van der Waals surface area contributed by atoms with Gasteiger partial charge in [-0.15, -0.1) is 0 Å². The Kier molecular flexibility index (Phi) is 6.35. The molecule has 0 radical (unpaired) electrons. The summed E-state index contributed by atoms with van der Waals surface area (Å²) >= 11 is 12.7.